The first kappa shape index (κ1) is 20.6. The lowest BCUT2D eigenvalue weighted by Crippen LogP contribution is -2.40. The van der Waals surface area contributed by atoms with Gasteiger partial charge >= 0.3 is 0 Å². The number of hydrogen-bond acceptors (Lipinski definition) is 6. The second kappa shape index (κ2) is 10.5. The number of guanidine groups is 1. The highest BCUT2D eigenvalue weighted by molar-refractivity contribution is 5.79. The molecule has 0 aliphatic heterocycles. The van der Waals surface area contributed by atoms with Gasteiger partial charge in [0, 0.05) is 20.7 Å². The molecule has 0 bridgehead atoms. The van der Waals surface area contributed by atoms with Crippen molar-refractivity contribution in [3.63, 3.8) is 0 Å². The summed E-state index contributed by atoms with van der Waals surface area (Å²) in [5.74, 6) is 1.96. The summed E-state index contributed by atoms with van der Waals surface area (Å²) in [5.41, 5.74) is 0. The van der Waals surface area contributed by atoms with Crippen LogP contribution in [0.4, 0.5) is 4.39 Å². The molecule has 0 spiro atoms. The summed E-state index contributed by atoms with van der Waals surface area (Å²) in [7, 11) is 3.58. The number of rotatable bonds is 9. The van der Waals surface area contributed by atoms with E-state index in [-0.39, 0.29) is 11.9 Å². The third-order valence-corrected chi connectivity index (χ3v) is 3.74. The number of aromatic nitrogens is 2. The normalized spacial score (nSPS) is 12.7. The minimum atomic E-state index is -0.288. The molecule has 1 unspecified atom stereocenters. The zero-order chi connectivity index (χ0) is 19.6. The van der Waals surface area contributed by atoms with Crippen LogP contribution >= 0.6 is 0 Å². The topological polar surface area (TPSA) is 85.0 Å². The molecule has 2 rings (SSSR count). The highest BCUT2D eigenvalue weighted by Crippen LogP contribution is 2.13. The number of hydrogen-bond donors (Lipinski definition) is 1. The van der Waals surface area contributed by atoms with Gasteiger partial charge in [-0.25, -0.2) is 4.39 Å². The molecule has 0 saturated carbocycles. The molecule has 1 aromatic carbocycles. The first-order valence-corrected chi connectivity index (χ1v) is 8.77. The van der Waals surface area contributed by atoms with Crippen molar-refractivity contribution in [2.24, 2.45) is 4.99 Å². The van der Waals surface area contributed by atoms with Gasteiger partial charge in [-0.1, -0.05) is 5.16 Å². The third-order valence-electron chi connectivity index (χ3n) is 3.74. The maximum Gasteiger partial charge on any atom is 0.246 e. The van der Waals surface area contributed by atoms with Gasteiger partial charge in [0.2, 0.25) is 5.89 Å². The van der Waals surface area contributed by atoms with E-state index >= 15 is 0 Å². The zero-order valence-corrected chi connectivity index (χ0v) is 16.1. The lowest BCUT2D eigenvalue weighted by molar-refractivity contribution is 0.0683. The molecule has 0 aliphatic rings. The van der Waals surface area contributed by atoms with E-state index < -0.39 is 0 Å². The molecule has 0 fully saturated rings. The molecule has 0 amide bonds. The van der Waals surface area contributed by atoms with Crippen LogP contribution in [0.3, 0.4) is 0 Å². The van der Waals surface area contributed by atoms with Crippen LogP contribution in [-0.2, 0) is 11.3 Å². The van der Waals surface area contributed by atoms with Crippen molar-refractivity contribution in [1.29, 1.82) is 0 Å². The molecule has 148 valence electrons. The van der Waals surface area contributed by atoms with Crippen molar-refractivity contribution in [1.82, 2.24) is 20.4 Å². The van der Waals surface area contributed by atoms with E-state index in [1.54, 1.807) is 19.2 Å². The van der Waals surface area contributed by atoms with E-state index in [9.17, 15) is 4.39 Å². The molecule has 1 atom stereocenters. The van der Waals surface area contributed by atoms with Gasteiger partial charge in [-0.05, 0) is 38.1 Å². The van der Waals surface area contributed by atoms with Crippen molar-refractivity contribution >= 4 is 5.96 Å². The van der Waals surface area contributed by atoms with Gasteiger partial charge in [0.25, 0.3) is 0 Å². The van der Waals surface area contributed by atoms with Crippen LogP contribution in [0.25, 0.3) is 0 Å². The highest BCUT2D eigenvalue weighted by Gasteiger charge is 2.14. The Kier molecular flexibility index (Phi) is 8.00. The van der Waals surface area contributed by atoms with Crippen molar-refractivity contribution in [3.8, 4) is 5.75 Å². The SMILES string of the molecule is CCOC(C)c1noc(CNC(=NC)N(C)CCOc2ccc(F)cc2)n1. The van der Waals surface area contributed by atoms with Gasteiger partial charge in [-0.2, -0.15) is 4.98 Å². The summed E-state index contributed by atoms with van der Waals surface area (Å²) in [6.07, 6.45) is -0.210. The van der Waals surface area contributed by atoms with Gasteiger partial charge < -0.3 is 24.2 Å². The average molecular weight is 379 g/mol. The second-order valence-electron chi connectivity index (χ2n) is 5.77. The summed E-state index contributed by atoms with van der Waals surface area (Å²) in [4.78, 5) is 10.4. The summed E-state index contributed by atoms with van der Waals surface area (Å²) >= 11 is 0. The number of benzene rings is 1. The Morgan fingerprint density at radius 2 is 2.11 bits per heavy atom. The summed E-state index contributed by atoms with van der Waals surface area (Å²) in [6.45, 7) is 5.74. The molecule has 27 heavy (non-hydrogen) atoms. The first-order chi connectivity index (χ1) is 13.0. The van der Waals surface area contributed by atoms with Crippen LogP contribution in [-0.4, -0.2) is 54.9 Å². The number of likely N-dealkylation sites (N-methyl/N-ethyl adjacent to an activating group) is 1. The number of aliphatic imine (C=N–C) groups is 1. The third kappa shape index (κ3) is 6.52. The molecule has 0 radical (unpaired) electrons. The smallest absolute Gasteiger partial charge is 0.246 e. The predicted octanol–water partition coefficient (Wildman–Crippen LogP) is 2.39. The Bertz CT molecular complexity index is 720. The van der Waals surface area contributed by atoms with E-state index in [1.165, 1.54) is 12.1 Å². The molecule has 1 heterocycles. The molecular formula is C18H26FN5O3. The van der Waals surface area contributed by atoms with E-state index in [2.05, 4.69) is 20.4 Å². The van der Waals surface area contributed by atoms with Gasteiger partial charge in [-0.3, -0.25) is 4.99 Å². The Hall–Kier alpha value is -2.68. The van der Waals surface area contributed by atoms with Crippen LogP contribution in [0.5, 0.6) is 5.75 Å². The molecule has 2 aromatic rings. The van der Waals surface area contributed by atoms with Crippen LogP contribution < -0.4 is 10.1 Å². The van der Waals surface area contributed by atoms with E-state index in [4.69, 9.17) is 14.0 Å². The van der Waals surface area contributed by atoms with Crippen molar-refractivity contribution in [2.45, 2.75) is 26.5 Å². The van der Waals surface area contributed by atoms with Crippen LogP contribution in [0.1, 0.15) is 31.7 Å². The molecule has 1 aromatic heterocycles. The molecule has 9 heteroatoms. The Labute approximate surface area is 158 Å². The quantitative estimate of drug-likeness (QED) is 0.529. The monoisotopic (exact) mass is 379 g/mol. The fourth-order valence-electron chi connectivity index (χ4n) is 2.31. The second-order valence-corrected chi connectivity index (χ2v) is 5.77. The minimum absolute atomic E-state index is 0.210. The summed E-state index contributed by atoms with van der Waals surface area (Å²) in [6, 6.07) is 5.92. The lowest BCUT2D eigenvalue weighted by atomic mass is 10.3. The number of halogens is 1. The fourth-order valence-corrected chi connectivity index (χ4v) is 2.31. The molecule has 0 saturated heterocycles. The van der Waals surface area contributed by atoms with Crippen molar-refractivity contribution in [3.05, 3.63) is 41.8 Å². The molecule has 1 N–H and O–H groups in total. The minimum Gasteiger partial charge on any atom is -0.492 e. The number of ether oxygens (including phenoxy) is 2. The molecular weight excluding hydrogens is 353 g/mol. The van der Waals surface area contributed by atoms with Gasteiger partial charge in [0.1, 0.15) is 24.3 Å². The zero-order valence-electron chi connectivity index (χ0n) is 16.1. The van der Waals surface area contributed by atoms with Crippen LogP contribution in [0, 0.1) is 5.82 Å². The Balaban J connectivity index is 1.77. The summed E-state index contributed by atoms with van der Waals surface area (Å²) in [5, 5.41) is 7.08. The highest BCUT2D eigenvalue weighted by atomic mass is 19.1. The Morgan fingerprint density at radius 1 is 1.37 bits per heavy atom. The summed E-state index contributed by atoms with van der Waals surface area (Å²) < 4.78 is 29.1. The molecule has 8 nitrogen and oxygen atoms in total. The van der Waals surface area contributed by atoms with E-state index in [1.807, 2.05) is 25.8 Å². The fraction of sp³-hybridized carbons (Fsp3) is 0.500. The average Bonchev–Trinajstić information content (AvgIpc) is 3.13. The van der Waals surface area contributed by atoms with Gasteiger partial charge in [0.05, 0.1) is 13.1 Å². The number of nitrogens with one attached hydrogen (secondary N) is 1. The number of nitrogens with zero attached hydrogens (tertiary/aromatic N) is 4. The van der Waals surface area contributed by atoms with Crippen molar-refractivity contribution in [2.75, 3.05) is 33.9 Å². The van der Waals surface area contributed by atoms with E-state index in [0.717, 1.165) is 0 Å². The van der Waals surface area contributed by atoms with Crippen molar-refractivity contribution < 1.29 is 18.4 Å². The van der Waals surface area contributed by atoms with Crippen LogP contribution in [0.2, 0.25) is 0 Å². The largest absolute Gasteiger partial charge is 0.492 e. The van der Waals surface area contributed by atoms with Gasteiger partial charge in [0.15, 0.2) is 11.8 Å². The Morgan fingerprint density at radius 3 is 2.78 bits per heavy atom. The van der Waals surface area contributed by atoms with Crippen LogP contribution in [0.15, 0.2) is 33.8 Å². The predicted molar refractivity (Wildman–Crippen MR) is 99.1 cm³/mol. The standard InChI is InChI=1S/C18H26FN5O3/c1-5-25-13(2)17-22-16(27-23-17)12-21-18(20-3)24(4)10-11-26-15-8-6-14(19)7-9-15/h6-9,13H,5,10-12H2,1-4H3,(H,20,21). The first-order valence-electron chi connectivity index (χ1n) is 8.77. The maximum absolute atomic E-state index is 12.9. The lowest BCUT2D eigenvalue weighted by Gasteiger charge is -2.21. The van der Waals surface area contributed by atoms with E-state index in [0.29, 0.717) is 49.7 Å². The molecule has 0 aliphatic carbocycles. The maximum atomic E-state index is 12.9. The van der Waals surface area contributed by atoms with Gasteiger partial charge in [-0.15, -0.1) is 0 Å².